The predicted octanol–water partition coefficient (Wildman–Crippen LogP) is 4.37. The zero-order chi connectivity index (χ0) is 18.5. The molecule has 7 heteroatoms. The Kier molecular flexibility index (Phi) is 6.65. The van der Waals surface area contributed by atoms with Crippen LogP contribution in [0, 0.1) is 0 Å². The number of amides is 1. The first kappa shape index (κ1) is 19.3. The maximum Gasteiger partial charge on any atom is 0.260 e. The molecule has 0 N–H and O–H groups in total. The molecule has 0 aromatic heterocycles. The van der Waals surface area contributed by atoms with Gasteiger partial charge >= 0.3 is 0 Å². The zero-order valence-electron chi connectivity index (χ0n) is 14.1. The summed E-state index contributed by atoms with van der Waals surface area (Å²) < 4.78 is 5.54. The third-order valence-corrected chi connectivity index (χ3v) is 5.15. The van der Waals surface area contributed by atoms with Crippen LogP contribution in [0.3, 0.4) is 0 Å². The summed E-state index contributed by atoms with van der Waals surface area (Å²) in [6.07, 6.45) is 0. The highest BCUT2D eigenvalue weighted by molar-refractivity contribution is 6.37. The molecule has 0 aliphatic carbocycles. The fourth-order valence-electron chi connectivity index (χ4n) is 2.85. The molecule has 26 heavy (non-hydrogen) atoms. The molecule has 0 saturated carbocycles. The van der Waals surface area contributed by atoms with Crippen LogP contribution in [-0.2, 0) is 11.3 Å². The number of piperazine rings is 1. The van der Waals surface area contributed by atoms with E-state index in [0.29, 0.717) is 28.9 Å². The normalized spacial score (nSPS) is 15.1. The van der Waals surface area contributed by atoms with Gasteiger partial charge < -0.3 is 9.64 Å². The molecule has 0 spiro atoms. The Morgan fingerprint density at radius 2 is 1.54 bits per heavy atom. The quantitative estimate of drug-likeness (QED) is 0.730. The molecule has 1 aliphatic rings. The number of nitrogens with zero attached hydrogens (tertiary/aromatic N) is 2. The van der Waals surface area contributed by atoms with Gasteiger partial charge in [0.15, 0.2) is 12.4 Å². The first-order chi connectivity index (χ1) is 12.5. The maximum atomic E-state index is 12.4. The van der Waals surface area contributed by atoms with E-state index >= 15 is 0 Å². The largest absolute Gasteiger partial charge is 0.481 e. The Hall–Kier alpha value is -1.46. The van der Waals surface area contributed by atoms with Gasteiger partial charge in [0.25, 0.3) is 5.91 Å². The number of halogens is 3. The van der Waals surface area contributed by atoms with E-state index in [9.17, 15) is 4.79 Å². The molecule has 1 saturated heterocycles. The van der Waals surface area contributed by atoms with Gasteiger partial charge in [-0.1, -0.05) is 53.0 Å². The van der Waals surface area contributed by atoms with Crippen LogP contribution in [0.4, 0.5) is 0 Å². The molecule has 1 amide bonds. The summed E-state index contributed by atoms with van der Waals surface area (Å²) >= 11 is 18.0. The van der Waals surface area contributed by atoms with Crippen LogP contribution < -0.4 is 4.74 Å². The predicted molar refractivity (Wildman–Crippen MR) is 105 cm³/mol. The Labute approximate surface area is 168 Å². The summed E-state index contributed by atoms with van der Waals surface area (Å²) in [6, 6.07) is 13.0. The molecule has 0 radical (unpaired) electrons. The molecule has 2 aromatic carbocycles. The number of hydrogen-bond acceptors (Lipinski definition) is 3. The van der Waals surface area contributed by atoms with Crippen molar-refractivity contribution in [2.75, 3.05) is 32.8 Å². The maximum absolute atomic E-state index is 12.4. The second kappa shape index (κ2) is 8.96. The number of carbonyl (C=O) groups is 1. The Balaban J connectivity index is 1.47. The topological polar surface area (TPSA) is 32.8 Å². The fourth-order valence-corrected chi connectivity index (χ4v) is 3.48. The molecule has 1 fully saturated rings. The molecule has 138 valence electrons. The highest BCUT2D eigenvalue weighted by Crippen LogP contribution is 2.32. The summed E-state index contributed by atoms with van der Waals surface area (Å²) in [5.41, 5.74) is 1.21. The van der Waals surface area contributed by atoms with E-state index in [-0.39, 0.29) is 12.5 Å². The third kappa shape index (κ3) is 5.04. The molecule has 0 unspecified atom stereocenters. The van der Waals surface area contributed by atoms with Gasteiger partial charge in [-0.25, -0.2) is 0 Å². The smallest absolute Gasteiger partial charge is 0.260 e. The number of ether oxygens (including phenoxy) is 1. The van der Waals surface area contributed by atoms with E-state index in [1.807, 2.05) is 29.2 Å². The van der Waals surface area contributed by atoms with E-state index in [2.05, 4.69) is 4.90 Å². The molecule has 0 bridgehead atoms. The molecular weight excluding hydrogens is 395 g/mol. The molecule has 2 aromatic rings. The minimum Gasteiger partial charge on any atom is -0.481 e. The van der Waals surface area contributed by atoms with E-state index in [0.717, 1.165) is 24.7 Å². The lowest BCUT2D eigenvalue weighted by atomic mass is 10.2. The van der Waals surface area contributed by atoms with Crippen LogP contribution in [0.1, 0.15) is 5.56 Å². The summed E-state index contributed by atoms with van der Waals surface area (Å²) in [6.45, 7) is 3.77. The number of benzene rings is 2. The van der Waals surface area contributed by atoms with Crippen molar-refractivity contribution in [1.82, 2.24) is 9.80 Å². The van der Waals surface area contributed by atoms with Gasteiger partial charge in [0.1, 0.15) is 0 Å². The molecule has 0 atom stereocenters. The van der Waals surface area contributed by atoms with Crippen molar-refractivity contribution in [3.63, 3.8) is 0 Å². The Morgan fingerprint density at radius 1 is 0.923 bits per heavy atom. The van der Waals surface area contributed by atoms with Crippen LogP contribution in [0.2, 0.25) is 15.1 Å². The van der Waals surface area contributed by atoms with Crippen molar-refractivity contribution >= 4 is 40.7 Å². The highest BCUT2D eigenvalue weighted by atomic mass is 35.5. The minimum absolute atomic E-state index is 0.0628. The molecule has 1 heterocycles. The van der Waals surface area contributed by atoms with Crippen molar-refractivity contribution < 1.29 is 9.53 Å². The van der Waals surface area contributed by atoms with Crippen LogP contribution in [0.25, 0.3) is 0 Å². The monoisotopic (exact) mass is 412 g/mol. The van der Waals surface area contributed by atoms with Crippen molar-refractivity contribution in [1.29, 1.82) is 0 Å². The van der Waals surface area contributed by atoms with Gasteiger partial charge in [0, 0.05) is 37.7 Å². The first-order valence-electron chi connectivity index (χ1n) is 8.34. The first-order valence-corrected chi connectivity index (χ1v) is 9.48. The van der Waals surface area contributed by atoms with Crippen molar-refractivity contribution in [3.05, 3.63) is 63.1 Å². The van der Waals surface area contributed by atoms with E-state index in [1.54, 1.807) is 18.2 Å². The SMILES string of the molecule is O=C(COc1c(Cl)cccc1Cl)N1CCN(Cc2ccc(Cl)cc2)CC1. The molecular formula is C19H19Cl3N2O2. The lowest BCUT2D eigenvalue weighted by Crippen LogP contribution is -2.49. The lowest BCUT2D eigenvalue weighted by Gasteiger charge is -2.34. The van der Waals surface area contributed by atoms with E-state index in [1.165, 1.54) is 5.56 Å². The Morgan fingerprint density at radius 3 is 2.15 bits per heavy atom. The molecule has 3 rings (SSSR count). The second-order valence-electron chi connectivity index (χ2n) is 6.12. The second-order valence-corrected chi connectivity index (χ2v) is 7.37. The standard InChI is InChI=1S/C19H19Cl3N2O2/c20-15-6-4-14(5-7-15)12-23-8-10-24(11-9-23)18(25)13-26-19-16(21)2-1-3-17(19)22/h1-7H,8-13H2. The van der Waals surface area contributed by atoms with Crippen molar-refractivity contribution in [3.8, 4) is 5.75 Å². The van der Waals surface area contributed by atoms with E-state index < -0.39 is 0 Å². The van der Waals surface area contributed by atoms with Crippen LogP contribution in [0.5, 0.6) is 5.75 Å². The number of hydrogen-bond donors (Lipinski definition) is 0. The van der Waals surface area contributed by atoms with Gasteiger partial charge in [0.05, 0.1) is 10.0 Å². The summed E-state index contributed by atoms with van der Waals surface area (Å²) in [5, 5.41) is 1.54. The van der Waals surface area contributed by atoms with Gasteiger partial charge in [-0.3, -0.25) is 9.69 Å². The van der Waals surface area contributed by atoms with Crippen molar-refractivity contribution in [2.45, 2.75) is 6.54 Å². The average molecular weight is 414 g/mol. The third-order valence-electron chi connectivity index (χ3n) is 4.30. The van der Waals surface area contributed by atoms with Gasteiger partial charge in [-0.15, -0.1) is 0 Å². The van der Waals surface area contributed by atoms with Crippen LogP contribution >= 0.6 is 34.8 Å². The van der Waals surface area contributed by atoms with Gasteiger partial charge in [0.2, 0.25) is 0 Å². The van der Waals surface area contributed by atoms with Gasteiger partial charge in [-0.2, -0.15) is 0 Å². The van der Waals surface area contributed by atoms with Crippen LogP contribution in [-0.4, -0.2) is 48.5 Å². The highest BCUT2D eigenvalue weighted by Gasteiger charge is 2.22. The van der Waals surface area contributed by atoms with Crippen LogP contribution in [0.15, 0.2) is 42.5 Å². The van der Waals surface area contributed by atoms with E-state index in [4.69, 9.17) is 39.5 Å². The lowest BCUT2D eigenvalue weighted by molar-refractivity contribution is -0.135. The number of rotatable bonds is 5. The fraction of sp³-hybridized carbons (Fsp3) is 0.316. The summed E-state index contributed by atoms with van der Waals surface area (Å²) in [4.78, 5) is 16.5. The average Bonchev–Trinajstić information content (AvgIpc) is 2.64. The summed E-state index contributed by atoms with van der Waals surface area (Å²) in [5.74, 6) is 0.290. The van der Waals surface area contributed by atoms with Crippen molar-refractivity contribution in [2.24, 2.45) is 0 Å². The Bertz CT molecular complexity index is 740. The summed E-state index contributed by atoms with van der Waals surface area (Å²) in [7, 11) is 0. The van der Waals surface area contributed by atoms with Gasteiger partial charge in [-0.05, 0) is 29.8 Å². The number of carbonyl (C=O) groups excluding carboxylic acids is 1. The number of para-hydroxylation sites is 1. The molecule has 1 aliphatic heterocycles. The molecule has 4 nitrogen and oxygen atoms in total. The zero-order valence-corrected chi connectivity index (χ0v) is 16.4. The minimum atomic E-state index is -0.0688.